The number of thiophene rings is 1. The van der Waals surface area contributed by atoms with Crippen molar-refractivity contribution >= 4 is 34.5 Å². The first-order valence-electron chi connectivity index (χ1n) is 10.4. The van der Waals surface area contributed by atoms with E-state index in [0.29, 0.717) is 17.8 Å². The molecule has 162 valence electrons. The SMILES string of the molecule is CCC(=O)Nc1ccc(N(C)C)c(CN(C(=O)c2cccs2)C(C)c2ccccc2)c1. The van der Waals surface area contributed by atoms with Crippen LogP contribution < -0.4 is 10.2 Å². The number of amides is 2. The lowest BCUT2D eigenvalue weighted by atomic mass is 10.0. The van der Waals surface area contributed by atoms with Gasteiger partial charge in [-0.2, -0.15) is 0 Å². The molecule has 2 amide bonds. The van der Waals surface area contributed by atoms with Gasteiger partial charge in [-0.05, 0) is 47.7 Å². The van der Waals surface area contributed by atoms with Crippen LogP contribution in [0.4, 0.5) is 11.4 Å². The van der Waals surface area contributed by atoms with Gasteiger partial charge in [-0.15, -0.1) is 11.3 Å². The van der Waals surface area contributed by atoms with Crippen LogP contribution in [0.5, 0.6) is 0 Å². The Labute approximate surface area is 188 Å². The first kappa shape index (κ1) is 22.6. The zero-order valence-corrected chi connectivity index (χ0v) is 19.3. The minimum absolute atomic E-state index is 0.000874. The lowest BCUT2D eigenvalue weighted by Gasteiger charge is -2.31. The van der Waals surface area contributed by atoms with Gasteiger partial charge in [0, 0.05) is 38.4 Å². The smallest absolute Gasteiger partial charge is 0.264 e. The van der Waals surface area contributed by atoms with Crippen molar-refractivity contribution in [2.45, 2.75) is 32.9 Å². The predicted molar refractivity (Wildman–Crippen MR) is 129 cm³/mol. The second-order valence-corrected chi connectivity index (χ2v) is 8.58. The van der Waals surface area contributed by atoms with E-state index in [4.69, 9.17) is 0 Å². The van der Waals surface area contributed by atoms with E-state index in [1.54, 1.807) is 0 Å². The first-order chi connectivity index (χ1) is 14.9. The fraction of sp³-hybridized carbons (Fsp3) is 0.280. The van der Waals surface area contributed by atoms with E-state index in [-0.39, 0.29) is 17.9 Å². The highest BCUT2D eigenvalue weighted by Gasteiger charge is 2.25. The van der Waals surface area contributed by atoms with E-state index in [0.717, 1.165) is 22.5 Å². The van der Waals surface area contributed by atoms with Crippen LogP contribution in [0.25, 0.3) is 0 Å². The molecule has 1 aromatic heterocycles. The summed E-state index contributed by atoms with van der Waals surface area (Å²) in [6.45, 7) is 4.31. The quantitative estimate of drug-likeness (QED) is 0.503. The molecule has 0 bridgehead atoms. The van der Waals surface area contributed by atoms with E-state index in [1.165, 1.54) is 11.3 Å². The Hall–Kier alpha value is -3.12. The van der Waals surface area contributed by atoms with Crippen molar-refractivity contribution in [3.63, 3.8) is 0 Å². The van der Waals surface area contributed by atoms with Gasteiger partial charge in [-0.1, -0.05) is 43.3 Å². The molecule has 5 nitrogen and oxygen atoms in total. The third-order valence-electron chi connectivity index (χ3n) is 5.25. The second-order valence-electron chi connectivity index (χ2n) is 7.64. The average molecular weight is 436 g/mol. The Morgan fingerprint density at radius 2 is 1.77 bits per heavy atom. The molecule has 0 spiro atoms. The van der Waals surface area contributed by atoms with Crippen molar-refractivity contribution in [3.05, 3.63) is 82.0 Å². The Morgan fingerprint density at radius 3 is 2.39 bits per heavy atom. The number of nitrogens with zero attached hydrogens (tertiary/aromatic N) is 2. The normalized spacial score (nSPS) is 11.6. The highest BCUT2D eigenvalue weighted by molar-refractivity contribution is 7.12. The van der Waals surface area contributed by atoms with Gasteiger partial charge < -0.3 is 15.1 Å². The zero-order chi connectivity index (χ0) is 22.4. The maximum Gasteiger partial charge on any atom is 0.264 e. The Kier molecular flexibility index (Phi) is 7.47. The van der Waals surface area contributed by atoms with Crippen LogP contribution in [0.3, 0.4) is 0 Å². The van der Waals surface area contributed by atoms with Crippen LogP contribution in [0.1, 0.15) is 47.1 Å². The predicted octanol–water partition coefficient (Wildman–Crippen LogP) is 5.57. The molecule has 0 radical (unpaired) electrons. The molecule has 1 atom stereocenters. The first-order valence-corrected chi connectivity index (χ1v) is 11.3. The summed E-state index contributed by atoms with van der Waals surface area (Å²) >= 11 is 1.45. The van der Waals surface area contributed by atoms with Crippen LogP contribution in [0.15, 0.2) is 66.0 Å². The summed E-state index contributed by atoms with van der Waals surface area (Å²) in [5.74, 6) is -0.0354. The number of rotatable bonds is 8. The third-order valence-corrected chi connectivity index (χ3v) is 6.11. The van der Waals surface area contributed by atoms with Crippen molar-refractivity contribution in [1.82, 2.24) is 4.90 Å². The number of carbonyl (C=O) groups excluding carboxylic acids is 2. The number of hydrogen-bond donors (Lipinski definition) is 1. The van der Waals surface area contributed by atoms with Crippen LogP contribution in [-0.4, -0.2) is 30.8 Å². The molecule has 0 saturated carbocycles. The molecule has 2 aromatic carbocycles. The standard InChI is InChI=1S/C25H29N3O2S/c1-5-24(29)26-21-13-14-22(27(3)4)20(16-21)17-28(25(30)23-12-9-15-31-23)18(2)19-10-7-6-8-11-19/h6-16,18H,5,17H2,1-4H3,(H,26,29). The van der Waals surface area contributed by atoms with E-state index in [1.807, 2.05) is 96.9 Å². The average Bonchev–Trinajstić information content (AvgIpc) is 3.32. The van der Waals surface area contributed by atoms with E-state index in [9.17, 15) is 9.59 Å². The molecule has 1 unspecified atom stereocenters. The lowest BCUT2D eigenvalue weighted by molar-refractivity contribution is -0.115. The molecule has 0 aliphatic heterocycles. The van der Waals surface area contributed by atoms with Crippen LogP contribution in [0.2, 0.25) is 0 Å². The molecule has 0 fully saturated rings. The monoisotopic (exact) mass is 435 g/mol. The van der Waals surface area contributed by atoms with E-state index in [2.05, 4.69) is 12.2 Å². The van der Waals surface area contributed by atoms with Gasteiger partial charge in [0.25, 0.3) is 5.91 Å². The van der Waals surface area contributed by atoms with Crippen molar-refractivity contribution < 1.29 is 9.59 Å². The number of carbonyl (C=O) groups is 2. The van der Waals surface area contributed by atoms with Crippen LogP contribution in [0, 0.1) is 0 Å². The summed E-state index contributed by atoms with van der Waals surface area (Å²) in [6, 6.07) is 19.6. The van der Waals surface area contributed by atoms with Gasteiger partial charge in [0.2, 0.25) is 5.91 Å². The minimum atomic E-state index is -0.111. The lowest BCUT2D eigenvalue weighted by Crippen LogP contribution is -2.33. The second kappa shape index (κ2) is 10.3. The van der Waals surface area contributed by atoms with Crippen molar-refractivity contribution in [3.8, 4) is 0 Å². The maximum atomic E-state index is 13.5. The van der Waals surface area contributed by atoms with Crippen LogP contribution >= 0.6 is 11.3 Å². The molecule has 31 heavy (non-hydrogen) atoms. The van der Waals surface area contributed by atoms with Crippen molar-refractivity contribution in [2.24, 2.45) is 0 Å². The van der Waals surface area contributed by atoms with Crippen LogP contribution in [-0.2, 0) is 11.3 Å². The number of anilines is 2. The van der Waals surface area contributed by atoms with Crippen molar-refractivity contribution in [2.75, 3.05) is 24.3 Å². The Balaban J connectivity index is 2.00. The maximum absolute atomic E-state index is 13.5. The highest BCUT2D eigenvalue weighted by Crippen LogP contribution is 2.30. The fourth-order valence-corrected chi connectivity index (χ4v) is 4.18. The number of benzene rings is 2. The summed E-state index contributed by atoms with van der Waals surface area (Å²) in [7, 11) is 3.96. The Morgan fingerprint density at radius 1 is 1.03 bits per heavy atom. The summed E-state index contributed by atoms with van der Waals surface area (Å²) in [5.41, 5.74) is 3.81. The molecule has 1 N–H and O–H groups in total. The van der Waals surface area contributed by atoms with Gasteiger partial charge in [-0.3, -0.25) is 9.59 Å². The largest absolute Gasteiger partial charge is 0.377 e. The fourth-order valence-electron chi connectivity index (χ4n) is 3.50. The van der Waals surface area contributed by atoms with Gasteiger partial charge in [-0.25, -0.2) is 0 Å². The molecule has 0 aliphatic carbocycles. The Bertz CT molecular complexity index is 1020. The van der Waals surface area contributed by atoms with E-state index < -0.39 is 0 Å². The summed E-state index contributed by atoms with van der Waals surface area (Å²) < 4.78 is 0. The topological polar surface area (TPSA) is 52.7 Å². The molecule has 6 heteroatoms. The van der Waals surface area contributed by atoms with E-state index >= 15 is 0 Å². The van der Waals surface area contributed by atoms with Gasteiger partial charge >= 0.3 is 0 Å². The summed E-state index contributed by atoms with van der Waals surface area (Å²) in [6.07, 6.45) is 0.415. The highest BCUT2D eigenvalue weighted by atomic mass is 32.1. The minimum Gasteiger partial charge on any atom is -0.377 e. The third kappa shape index (κ3) is 5.52. The molecule has 3 aromatic rings. The molecular weight excluding hydrogens is 406 g/mol. The summed E-state index contributed by atoms with van der Waals surface area (Å²) in [5, 5.41) is 4.85. The molecule has 1 heterocycles. The molecular formula is C25H29N3O2S. The van der Waals surface area contributed by atoms with Crippen molar-refractivity contribution in [1.29, 1.82) is 0 Å². The molecule has 0 aliphatic rings. The van der Waals surface area contributed by atoms with Gasteiger partial charge in [0.15, 0.2) is 0 Å². The number of nitrogens with one attached hydrogen (secondary N) is 1. The number of hydrogen-bond acceptors (Lipinski definition) is 4. The van der Waals surface area contributed by atoms with Gasteiger partial charge in [0.05, 0.1) is 10.9 Å². The zero-order valence-electron chi connectivity index (χ0n) is 18.5. The summed E-state index contributed by atoms with van der Waals surface area (Å²) in [4.78, 5) is 30.0. The molecule has 3 rings (SSSR count). The molecule has 0 saturated heterocycles. The van der Waals surface area contributed by atoms with Gasteiger partial charge in [0.1, 0.15) is 0 Å².